The molecule has 1 aliphatic rings. The average molecular weight is 225 g/mol. The van der Waals surface area contributed by atoms with Crippen molar-refractivity contribution >= 4 is 6.08 Å². The van der Waals surface area contributed by atoms with Crippen molar-refractivity contribution in [3.05, 3.63) is 29.3 Å². The predicted octanol–water partition coefficient (Wildman–Crippen LogP) is 2.39. The maximum atomic E-state index is 13.6. The second kappa shape index (κ2) is 3.68. The topological polar surface area (TPSA) is 49.7 Å². The molecular formula is C11H9F2NO2. The van der Waals surface area contributed by atoms with Gasteiger partial charge in [-0.2, -0.15) is 9.38 Å². The van der Waals surface area contributed by atoms with Gasteiger partial charge in [0.05, 0.1) is 0 Å². The molecule has 0 heterocycles. The summed E-state index contributed by atoms with van der Waals surface area (Å²) < 4.78 is 26.7. The van der Waals surface area contributed by atoms with Crippen molar-refractivity contribution in [3.8, 4) is 5.75 Å². The monoisotopic (exact) mass is 225 g/mol. The van der Waals surface area contributed by atoms with Crippen LogP contribution in [-0.2, 0) is 10.3 Å². The van der Waals surface area contributed by atoms with E-state index >= 15 is 0 Å². The zero-order valence-corrected chi connectivity index (χ0v) is 8.33. The van der Waals surface area contributed by atoms with Gasteiger partial charge in [-0.05, 0) is 31.4 Å². The molecule has 0 spiro atoms. The summed E-state index contributed by atoms with van der Waals surface area (Å²) >= 11 is 0. The molecular weight excluding hydrogens is 216 g/mol. The summed E-state index contributed by atoms with van der Waals surface area (Å²) in [6.45, 7) is 0. The van der Waals surface area contributed by atoms with E-state index in [1.54, 1.807) is 0 Å². The number of aliphatic imine (C=N–C) groups is 1. The third-order valence-corrected chi connectivity index (χ3v) is 3.00. The lowest BCUT2D eigenvalue weighted by Gasteiger charge is -2.37. The molecule has 1 aromatic carbocycles. The van der Waals surface area contributed by atoms with Crippen LogP contribution in [0.2, 0.25) is 0 Å². The maximum Gasteiger partial charge on any atom is 0.235 e. The van der Waals surface area contributed by atoms with Crippen molar-refractivity contribution in [1.82, 2.24) is 0 Å². The highest BCUT2D eigenvalue weighted by Crippen LogP contribution is 2.46. The van der Waals surface area contributed by atoms with Crippen LogP contribution in [-0.4, -0.2) is 11.2 Å². The van der Waals surface area contributed by atoms with Crippen molar-refractivity contribution in [2.24, 2.45) is 4.99 Å². The number of aromatic hydroxyl groups is 1. The minimum Gasteiger partial charge on any atom is -0.505 e. The minimum absolute atomic E-state index is 0.0115. The van der Waals surface area contributed by atoms with Crippen LogP contribution >= 0.6 is 0 Å². The fraction of sp³-hybridized carbons (Fsp3) is 0.364. The number of isocyanates is 1. The zero-order valence-electron chi connectivity index (χ0n) is 8.33. The van der Waals surface area contributed by atoms with Crippen LogP contribution in [0.15, 0.2) is 17.1 Å². The van der Waals surface area contributed by atoms with Gasteiger partial charge in [-0.15, -0.1) is 0 Å². The Balaban J connectivity index is 2.55. The zero-order chi connectivity index (χ0) is 11.8. The van der Waals surface area contributed by atoms with Crippen molar-refractivity contribution in [2.75, 3.05) is 0 Å². The molecule has 3 nitrogen and oxygen atoms in total. The number of hydrogen-bond acceptors (Lipinski definition) is 3. The predicted molar refractivity (Wildman–Crippen MR) is 51.7 cm³/mol. The minimum atomic E-state index is -1.30. The van der Waals surface area contributed by atoms with Gasteiger partial charge in [0.1, 0.15) is 5.54 Å². The van der Waals surface area contributed by atoms with E-state index in [-0.39, 0.29) is 5.56 Å². The molecule has 5 heteroatoms. The van der Waals surface area contributed by atoms with Crippen LogP contribution in [0.3, 0.4) is 0 Å². The standard InChI is InChI=1S/C11H9F2NO2/c12-9-7(2-3-8(16)10(9)13)11(14-6-15)4-1-5-11/h2-3,16H,1,4-5H2. The molecule has 0 radical (unpaired) electrons. The van der Waals surface area contributed by atoms with Crippen molar-refractivity contribution in [1.29, 1.82) is 0 Å². The Hall–Kier alpha value is -1.74. The van der Waals surface area contributed by atoms with E-state index in [2.05, 4.69) is 4.99 Å². The fourth-order valence-electron chi connectivity index (χ4n) is 1.94. The molecule has 1 saturated carbocycles. The Kier molecular flexibility index (Phi) is 2.48. The molecule has 16 heavy (non-hydrogen) atoms. The summed E-state index contributed by atoms with van der Waals surface area (Å²) in [5, 5.41) is 8.99. The highest BCUT2D eigenvalue weighted by atomic mass is 19.2. The maximum absolute atomic E-state index is 13.6. The summed E-state index contributed by atoms with van der Waals surface area (Å²) in [7, 11) is 0. The van der Waals surface area contributed by atoms with Gasteiger partial charge in [0.15, 0.2) is 11.6 Å². The Labute approximate surface area is 90.4 Å². The van der Waals surface area contributed by atoms with Gasteiger partial charge in [-0.1, -0.05) is 0 Å². The third kappa shape index (κ3) is 1.41. The van der Waals surface area contributed by atoms with Crippen LogP contribution in [0.4, 0.5) is 8.78 Å². The summed E-state index contributed by atoms with van der Waals surface area (Å²) in [4.78, 5) is 13.9. The van der Waals surface area contributed by atoms with Gasteiger partial charge < -0.3 is 5.11 Å². The van der Waals surface area contributed by atoms with E-state index in [1.807, 2.05) is 0 Å². The summed E-state index contributed by atoms with van der Waals surface area (Å²) in [5.41, 5.74) is -0.974. The SMILES string of the molecule is O=C=NC1(c2ccc(O)c(F)c2F)CCC1. The van der Waals surface area contributed by atoms with E-state index in [0.717, 1.165) is 12.5 Å². The van der Waals surface area contributed by atoms with Crippen molar-refractivity contribution in [3.63, 3.8) is 0 Å². The summed E-state index contributed by atoms with van der Waals surface area (Å²) in [5.74, 6) is -3.19. The average Bonchev–Trinajstić information content (AvgIpc) is 2.21. The summed E-state index contributed by atoms with van der Waals surface area (Å²) in [6, 6.07) is 2.32. The number of benzene rings is 1. The molecule has 0 unspecified atom stereocenters. The Morgan fingerprint density at radius 1 is 1.31 bits per heavy atom. The Morgan fingerprint density at radius 2 is 2.00 bits per heavy atom. The van der Waals surface area contributed by atoms with Crippen LogP contribution in [0.1, 0.15) is 24.8 Å². The first-order chi connectivity index (χ1) is 7.60. The largest absolute Gasteiger partial charge is 0.505 e. The first-order valence-electron chi connectivity index (χ1n) is 4.87. The van der Waals surface area contributed by atoms with E-state index in [1.165, 1.54) is 12.1 Å². The number of halogens is 2. The van der Waals surface area contributed by atoms with Crippen LogP contribution in [0.5, 0.6) is 5.75 Å². The number of phenols is 1. The van der Waals surface area contributed by atoms with E-state index < -0.39 is 22.9 Å². The van der Waals surface area contributed by atoms with Gasteiger partial charge in [-0.25, -0.2) is 9.18 Å². The first-order valence-corrected chi connectivity index (χ1v) is 4.87. The van der Waals surface area contributed by atoms with Gasteiger partial charge in [0, 0.05) is 5.56 Å². The lowest BCUT2D eigenvalue weighted by atomic mass is 9.72. The molecule has 1 aliphatic carbocycles. The highest BCUT2D eigenvalue weighted by molar-refractivity contribution is 5.41. The molecule has 1 aromatic rings. The Bertz CT molecular complexity index is 477. The Morgan fingerprint density at radius 3 is 2.50 bits per heavy atom. The van der Waals surface area contributed by atoms with Gasteiger partial charge >= 0.3 is 0 Å². The molecule has 0 atom stereocenters. The van der Waals surface area contributed by atoms with Gasteiger partial charge in [0.25, 0.3) is 0 Å². The van der Waals surface area contributed by atoms with Crippen LogP contribution in [0, 0.1) is 11.6 Å². The number of hydrogen-bond donors (Lipinski definition) is 1. The number of nitrogens with zero attached hydrogens (tertiary/aromatic N) is 1. The molecule has 0 bridgehead atoms. The normalized spacial score (nSPS) is 17.4. The van der Waals surface area contributed by atoms with Crippen molar-refractivity contribution < 1.29 is 18.7 Å². The number of rotatable bonds is 2. The van der Waals surface area contributed by atoms with Crippen LogP contribution < -0.4 is 0 Å². The molecule has 0 amide bonds. The number of phenolic OH excluding ortho intramolecular Hbond substituents is 1. The molecule has 2 rings (SSSR count). The molecule has 1 N–H and O–H groups in total. The quantitative estimate of drug-likeness (QED) is 0.620. The van der Waals surface area contributed by atoms with Crippen molar-refractivity contribution in [2.45, 2.75) is 24.8 Å². The third-order valence-electron chi connectivity index (χ3n) is 3.00. The molecule has 0 aliphatic heterocycles. The van der Waals surface area contributed by atoms with Gasteiger partial charge in [0.2, 0.25) is 11.9 Å². The van der Waals surface area contributed by atoms with E-state index in [4.69, 9.17) is 5.11 Å². The van der Waals surface area contributed by atoms with E-state index in [9.17, 15) is 13.6 Å². The lowest BCUT2D eigenvalue weighted by molar-refractivity contribution is 0.243. The first kappa shape index (κ1) is 10.8. The molecule has 0 saturated heterocycles. The fourth-order valence-corrected chi connectivity index (χ4v) is 1.94. The highest BCUT2D eigenvalue weighted by Gasteiger charge is 2.41. The number of carbonyl (C=O) groups excluding carboxylic acids is 1. The van der Waals surface area contributed by atoms with Gasteiger partial charge in [-0.3, -0.25) is 0 Å². The molecule has 1 fully saturated rings. The molecule has 0 aromatic heterocycles. The second-order valence-corrected chi connectivity index (χ2v) is 3.85. The second-order valence-electron chi connectivity index (χ2n) is 3.85. The molecule has 84 valence electrons. The smallest absolute Gasteiger partial charge is 0.235 e. The van der Waals surface area contributed by atoms with Crippen LogP contribution in [0.25, 0.3) is 0 Å². The summed E-state index contributed by atoms with van der Waals surface area (Å²) in [6.07, 6.45) is 3.17. The van der Waals surface area contributed by atoms with E-state index in [0.29, 0.717) is 12.8 Å². The lowest BCUT2D eigenvalue weighted by Crippen LogP contribution is -2.33.